The van der Waals surface area contributed by atoms with Crippen molar-refractivity contribution in [2.24, 2.45) is 0 Å². The maximum Gasteiger partial charge on any atom is 1.00 e. The van der Waals surface area contributed by atoms with Crippen LogP contribution in [0, 0.1) is 0 Å². The van der Waals surface area contributed by atoms with Gasteiger partial charge in [-0.05, 0) is 25.0 Å². The minimum absolute atomic E-state index is 0. The zero-order valence-electron chi connectivity index (χ0n) is 18.3. The third-order valence-corrected chi connectivity index (χ3v) is 6.10. The summed E-state index contributed by atoms with van der Waals surface area (Å²) < 4.78 is 31.1. The second kappa shape index (κ2) is 16.4. The molecule has 1 rings (SSSR count). The molecule has 0 unspecified atom stereocenters. The van der Waals surface area contributed by atoms with Gasteiger partial charge in [-0.25, -0.2) is 0 Å². The number of phenols is 1. The first-order valence-corrected chi connectivity index (χ1v) is 12.3. The molecule has 1 aromatic carbocycles. The Morgan fingerprint density at radius 1 is 0.793 bits per heavy atom. The maximum atomic E-state index is 11.9. The minimum atomic E-state index is -4.57. The summed E-state index contributed by atoms with van der Waals surface area (Å²) >= 11 is 0. The normalized spacial score (nSPS) is 11.4. The molecule has 0 aromatic heterocycles. The molecule has 7 heteroatoms. The Hall–Kier alpha value is -0.270. The number of aromatic hydroxyl groups is 1. The van der Waals surface area contributed by atoms with Gasteiger partial charge < -0.3 is 10.2 Å². The first-order chi connectivity index (χ1) is 13.4. The Bertz CT molecular complexity index is 661. The Balaban J connectivity index is 0.00000784. The molecule has 29 heavy (non-hydrogen) atoms. The molecule has 0 saturated heterocycles. The number of phenolic OH excluding ortho intramolecular Hbond substituents is 1. The maximum absolute atomic E-state index is 11.9. The molecule has 0 saturated carbocycles. The van der Waals surface area contributed by atoms with E-state index in [1.165, 1.54) is 70.6 Å². The van der Waals surface area contributed by atoms with Crippen LogP contribution in [-0.2, 0) is 16.5 Å². The summed E-state index contributed by atoms with van der Waals surface area (Å²) in [5, 5.41) is 21.6. The first-order valence-electron chi connectivity index (χ1n) is 10.9. The van der Waals surface area contributed by atoms with Crippen molar-refractivity contribution in [3.63, 3.8) is 0 Å². The molecule has 0 spiro atoms. The van der Waals surface area contributed by atoms with Crippen molar-refractivity contribution in [3.05, 3.63) is 17.7 Å². The fourth-order valence-electron chi connectivity index (χ4n) is 3.50. The average molecular weight is 437 g/mol. The predicted molar refractivity (Wildman–Crippen MR) is 111 cm³/mol. The zero-order chi connectivity index (χ0) is 20.8. The quantitative estimate of drug-likeness (QED) is 0.236. The van der Waals surface area contributed by atoms with E-state index in [0.717, 1.165) is 31.4 Å². The molecule has 162 valence electrons. The summed E-state index contributed by atoms with van der Waals surface area (Å²) in [6.07, 6.45) is 18.1. The number of benzene rings is 1. The van der Waals surface area contributed by atoms with Gasteiger partial charge in [0.1, 0.15) is 10.6 Å². The van der Waals surface area contributed by atoms with E-state index in [1.54, 1.807) is 0 Å². The van der Waals surface area contributed by atoms with E-state index in [0.29, 0.717) is 12.0 Å². The standard InChI is InChI=1S/C22H38O5S.Na/c1-2-3-4-5-6-7-8-9-10-11-12-13-14-15-16-19-17-21(24)22(18-20(19)23)28(25,26)27;/h17-18,23-24H,2-16H2,1H3,(H,25,26,27);/q;+1/p-1. The number of aryl methyl sites for hydroxylation is 1. The van der Waals surface area contributed by atoms with Crippen LogP contribution in [0.15, 0.2) is 17.0 Å². The molecular weight excluding hydrogens is 399 g/mol. The fourth-order valence-corrected chi connectivity index (χ4v) is 4.08. The van der Waals surface area contributed by atoms with Crippen molar-refractivity contribution < 1.29 is 52.7 Å². The van der Waals surface area contributed by atoms with Crippen molar-refractivity contribution in [2.75, 3.05) is 0 Å². The molecule has 0 bridgehead atoms. The van der Waals surface area contributed by atoms with Crippen LogP contribution in [0.3, 0.4) is 0 Å². The van der Waals surface area contributed by atoms with E-state index in [1.807, 2.05) is 0 Å². The van der Waals surface area contributed by atoms with E-state index in [4.69, 9.17) is 4.55 Å². The summed E-state index contributed by atoms with van der Waals surface area (Å²) in [4.78, 5) is -0.720. The van der Waals surface area contributed by atoms with E-state index >= 15 is 0 Å². The van der Waals surface area contributed by atoms with Crippen molar-refractivity contribution in [2.45, 2.75) is 108 Å². The fraction of sp³-hybridized carbons (Fsp3) is 0.727. The molecule has 0 radical (unpaired) electrons. The largest absolute Gasteiger partial charge is 1.00 e. The van der Waals surface area contributed by atoms with Crippen LogP contribution in [0.5, 0.6) is 11.5 Å². The van der Waals surface area contributed by atoms with Crippen LogP contribution >= 0.6 is 0 Å². The van der Waals surface area contributed by atoms with Gasteiger partial charge in [-0.3, -0.25) is 4.55 Å². The number of unbranched alkanes of at least 4 members (excludes halogenated alkanes) is 13. The molecule has 0 heterocycles. The third-order valence-electron chi connectivity index (χ3n) is 5.22. The van der Waals surface area contributed by atoms with Gasteiger partial charge in [0.05, 0.1) is 0 Å². The summed E-state index contributed by atoms with van der Waals surface area (Å²) in [7, 11) is -4.57. The third kappa shape index (κ3) is 12.9. The summed E-state index contributed by atoms with van der Waals surface area (Å²) in [6, 6.07) is 1.96. The van der Waals surface area contributed by atoms with Gasteiger partial charge in [0.2, 0.25) is 0 Å². The Morgan fingerprint density at radius 3 is 1.62 bits per heavy atom. The summed E-state index contributed by atoms with van der Waals surface area (Å²) in [6.45, 7) is 2.25. The van der Waals surface area contributed by atoms with Crippen LogP contribution in [-0.4, -0.2) is 18.1 Å². The van der Waals surface area contributed by atoms with Crippen molar-refractivity contribution >= 4 is 10.1 Å². The van der Waals surface area contributed by atoms with Gasteiger partial charge in [-0.2, -0.15) is 8.42 Å². The SMILES string of the molecule is CCCCCCCCCCCCCCCCc1cc(O)c(S(=O)(=O)O)cc1[O-].[Na+]. The van der Waals surface area contributed by atoms with Gasteiger partial charge in [-0.15, -0.1) is 5.75 Å². The van der Waals surface area contributed by atoms with Gasteiger partial charge in [0.15, 0.2) is 0 Å². The Labute approximate surface area is 199 Å². The Morgan fingerprint density at radius 2 is 1.21 bits per heavy atom. The van der Waals surface area contributed by atoms with Gasteiger partial charge in [0, 0.05) is 0 Å². The van der Waals surface area contributed by atoms with Gasteiger partial charge in [0.25, 0.3) is 10.1 Å². The second-order valence-corrected chi connectivity index (χ2v) is 9.14. The minimum Gasteiger partial charge on any atom is -0.872 e. The van der Waals surface area contributed by atoms with Crippen molar-refractivity contribution in [3.8, 4) is 11.5 Å². The molecule has 0 aliphatic carbocycles. The zero-order valence-corrected chi connectivity index (χ0v) is 21.1. The van der Waals surface area contributed by atoms with Crippen LogP contribution in [0.4, 0.5) is 0 Å². The number of rotatable bonds is 16. The molecule has 0 fully saturated rings. The molecule has 1 aromatic rings. The van der Waals surface area contributed by atoms with Crippen LogP contribution in [0.2, 0.25) is 0 Å². The molecular formula is C22H37NaO5S. The van der Waals surface area contributed by atoms with Crippen LogP contribution in [0.25, 0.3) is 0 Å². The predicted octanol–water partition coefficient (Wildman–Crippen LogP) is 2.74. The Kier molecular flexibility index (Phi) is 16.3. The monoisotopic (exact) mass is 436 g/mol. The average Bonchev–Trinajstić information content (AvgIpc) is 2.63. The topological polar surface area (TPSA) is 97.7 Å². The van der Waals surface area contributed by atoms with E-state index in [2.05, 4.69) is 6.92 Å². The molecule has 0 atom stereocenters. The first kappa shape index (κ1) is 28.7. The van der Waals surface area contributed by atoms with Crippen LogP contribution < -0.4 is 34.7 Å². The van der Waals surface area contributed by atoms with Crippen LogP contribution in [0.1, 0.15) is 102 Å². The van der Waals surface area contributed by atoms with Crippen molar-refractivity contribution in [1.82, 2.24) is 0 Å². The molecule has 5 nitrogen and oxygen atoms in total. The summed E-state index contributed by atoms with van der Waals surface area (Å²) in [5.41, 5.74) is 0.392. The summed E-state index contributed by atoms with van der Waals surface area (Å²) in [5.74, 6) is -1.03. The van der Waals surface area contributed by atoms with E-state index in [-0.39, 0.29) is 29.6 Å². The molecule has 0 amide bonds. The molecule has 0 aliphatic heterocycles. The molecule has 2 N–H and O–H groups in total. The number of hydrogen-bond acceptors (Lipinski definition) is 4. The van der Waals surface area contributed by atoms with E-state index < -0.39 is 26.5 Å². The van der Waals surface area contributed by atoms with Crippen molar-refractivity contribution in [1.29, 1.82) is 0 Å². The van der Waals surface area contributed by atoms with Gasteiger partial charge >= 0.3 is 29.6 Å². The molecule has 0 aliphatic rings. The van der Waals surface area contributed by atoms with Gasteiger partial charge in [-0.1, -0.05) is 96.0 Å². The smallest absolute Gasteiger partial charge is 0.872 e. The second-order valence-electron chi connectivity index (χ2n) is 7.75. The van der Waals surface area contributed by atoms with E-state index in [9.17, 15) is 18.6 Å². The number of hydrogen-bond donors (Lipinski definition) is 2.